The summed E-state index contributed by atoms with van der Waals surface area (Å²) in [5.41, 5.74) is 1.19. The fourth-order valence-corrected chi connectivity index (χ4v) is 4.31. The summed E-state index contributed by atoms with van der Waals surface area (Å²) < 4.78 is 28.5. The lowest BCUT2D eigenvalue weighted by atomic mass is 10.0. The van der Waals surface area contributed by atoms with Crippen LogP contribution in [0.1, 0.15) is 31.0 Å². The van der Waals surface area contributed by atoms with Crippen molar-refractivity contribution in [3.63, 3.8) is 0 Å². The molecule has 162 valence electrons. The number of benzene rings is 1. The number of amides is 1. The van der Waals surface area contributed by atoms with Crippen molar-refractivity contribution in [1.82, 2.24) is 30.7 Å². The van der Waals surface area contributed by atoms with Gasteiger partial charge in [0.1, 0.15) is 17.9 Å². The molecule has 0 bridgehead atoms. The highest BCUT2D eigenvalue weighted by Crippen LogP contribution is 2.31. The van der Waals surface area contributed by atoms with Crippen LogP contribution in [-0.4, -0.2) is 56.6 Å². The van der Waals surface area contributed by atoms with Crippen molar-refractivity contribution in [3.8, 4) is 11.1 Å². The molecule has 2 aliphatic rings. The van der Waals surface area contributed by atoms with Gasteiger partial charge in [0.25, 0.3) is 0 Å². The van der Waals surface area contributed by atoms with E-state index in [2.05, 4.69) is 30.7 Å². The molecule has 10 heteroatoms. The highest BCUT2D eigenvalue weighted by molar-refractivity contribution is 5.85. The lowest BCUT2D eigenvalue weighted by Gasteiger charge is -2.41. The Morgan fingerprint density at radius 2 is 1.90 bits per heavy atom. The van der Waals surface area contributed by atoms with E-state index in [9.17, 15) is 18.7 Å². The van der Waals surface area contributed by atoms with Crippen molar-refractivity contribution in [2.24, 2.45) is 0 Å². The molecule has 1 amide bonds. The summed E-state index contributed by atoms with van der Waals surface area (Å²) in [6.45, 7) is 1.32. The van der Waals surface area contributed by atoms with Crippen molar-refractivity contribution >= 4 is 16.9 Å². The van der Waals surface area contributed by atoms with Gasteiger partial charge in [0, 0.05) is 36.7 Å². The first-order chi connectivity index (χ1) is 15.0. The maximum Gasteiger partial charge on any atom is 0.224 e. The number of likely N-dealkylation sites (tertiary alicyclic amines) is 1. The maximum atomic E-state index is 14.3. The molecule has 5 rings (SSSR count). The Kier molecular flexibility index (Phi) is 5.12. The number of aliphatic hydroxyl groups is 1. The number of nitrogens with zero attached hydrogens (tertiary/aromatic N) is 3. The number of hydrogen-bond donors (Lipinski definition) is 4. The number of aliphatic hydroxyl groups excluding tert-OH is 1. The molecule has 31 heavy (non-hydrogen) atoms. The van der Waals surface area contributed by atoms with Gasteiger partial charge in [-0.15, -0.1) is 0 Å². The van der Waals surface area contributed by atoms with Gasteiger partial charge in [0.15, 0.2) is 5.65 Å². The third-order valence-corrected chi connectivity index (χ3v) is 5.95. The number of H-pyrrole nitrogens is 1. The second-order valence-corrected chi connectivity index (χ2v) is 7.99. The number of hydrogen-bond acceptors (Lipinski definition) is 6. The maximum absolute atomic E-state index is 14.3. The molecule has 2 saturated heterocycles. The molecule has 1 aromatic carbocycles. The lowest BCUT2D eigenvalue weighted by molar-refractivity contribution is -0.127. The van der Waals surface area contributed by atoms with E-state index in [0.29, 0.717) is 48.2 Å². The molecule has 2 fully saturated rings. The number of aromatic amines is 1. The molecular weight excluding hydrogens is 406 g/mol. The Morgan fingerprint density at radius 3 is 2.65 bits per heavy atom. The number of piperidine rings is 1. The molecular formula is C21H22F2N6O2. The van der Waals surface area contributed by atoms with Crippen molar-refractivity contribution in [1.29, 1.82) is 0 Å². The van der Waals surface area contributed by atoms with E-state index in [1.807, 2.05) is 0 Å². The van der Waals surface area contributed by atoms with Gasteiger partial charge >= 0.3 is 0 Å². The minimum absolute atomic E-state index is 0.119. The van der Waals surface area contributed by atoms with Crippen molar-refractivity contribution in [2.45, 2.75) is 37.7 Å². The molecule has 0 saturated carbocycles. The number of carbonyl (C=O) groups excluding carboxylic acids is 1. The van der Waals surface area contributed by atoms with Crippen LogP contribution in [0.5, 0.6) is 0 Å². The zero-order chi connectivity index (χ0) is 21.5. The summed E-state index contributed by atoms with van der Waals surface area (Å²) in [5, 5.41) is 23.8. The summed E-state index contributed by atoms with van der Waals surface area (Å²) in [4.78, 5) is 18.8. The summed E-state index contributed by atoms with van der Waals surface area (Å²) >= 11 is 0. The highest BCUT2D eigenvalue weighted by atomic mass is 19.1. The predicted octanol–water partition coefficient (Wildman–Crippen LogP) is 1.79. The van der Waals surface area contributed by atoms with E-state index in [-0.39, 0.29) is 36.3 Å². The third kappa shape index (κ3) is 3.78. The number of nitrogens with one attached hydrogen (secondary N) is 3. The SMILES string of the molecule is O=C1CC(c2[nH]nc3ncc(-c4c(F)cccc4F)cc23)NC(N2CCC(O)CC2)N1. The van der Waals surface area contributed by atoms with Crippen LogP contribution in [0, 0.1) is 11.6 Å². The molecule has 0 radical (unpaired) electrons. The average Bonchev–Trinajstić information content (AvgIpc) is 3.17. The molecule has 2 aromatic heterocycles. The normalized spacial score (nSPS) is 23.3. The van der Waals surface area contributed by atoms with E-state index >= 15 is 0 Å². The van der Waals surface area contributed by atoms with Gasteiger partial charge in [-0.3, -0.25) is 20.1 Å². The predicted molar refractivity (Wildman–Crippen MR) is 108 cm³/mol. The number of rotatable bonds is 3. The number of halogens is 2. The van der Waals surface area contributed by atoms with Gasteiger partial charge in [-0.2, -0.15) is 5.10 Å². The zero-order valence-electron chi connectivity index (χ0n) is 16.6. The van der Waals surface area contributed by atoms with Crippen LogP contribution < -0.4 is 10.6 Å². The largest absolute Gasteiger partial charge is 0.393 e. The fraction of sp³-hybridized carbons (Fsp3) is 0.381. The van der Waals surface area contributed by atoms with Crippen LogP contribution in [0.15, 0.2) is 30.5 Å². The molecule has 4 N–H and O–H groups in total. The second kappa shape index (κ2) is 7.95. The number of fused-ring (bicyclic) bond motifs is 1. The van der Waals surface area contributed by atoms with E-state index < -0.39 is 11.6 Å². The van der Waals surface area contributed by atoms with Crippen molar-refractivity contribution in [2.75, 3.05) is 13.1 Å². The minimum Gasteiger partial charge on any atom is -0.393 e. The Morgan fingerprint density at radius 1 is 1.16 bits per heavy atom. The van der Waals surface area contributed by atoms with Gasteiger partial charge in [-0.25, -0.2) is 13.8 Å². The monoisotopic (exact) mass is 428 g/mol. The summed E-state index contributed by atoms with van der Waals surface area (Å²) in [6.07, 6.45) is 2.17. The van der Waals surface area contributed by atoms with E-state index in [0.717, 1.165) is 0 Å². The Bertz CT molecular complexity index is 1110. The Balaban J connectivity index is 1.47. The first kappa shape index (κ1) is 20.0. The molecule has 2 aliphatic heterocycles. The molecule has 0 aliphatic carbocycles. The van der Waals surface area contributed by atoms with Gasteiger partial charge in [-0.05, 0) is 31.0 Å². The second-order valence-electron chi connectivity index (χ2n) is 7.99. The van der Waals surface area contributed by atoms with Crippen LogP contribution >= 0.6 is 0 Å². The minimum atomic E-state index is -0.672. The first-order valence-corrected chi connectivity index (χ1v) is 10.3. The Labute approximate surface area is 176 Å². The van der Waals surface area contributed by atoms with E-state index in [1.165, 1.54) is 24.4 Å². The molecule has 2 atom stereocenters. The first-order valence-electron chi connectivity index (χ1n) is 10.3. The van der Waals surface area contributed by atoms with Crippen molar-refractivity contribution < 1.29 is 18.7 Å². The number of aromatic nitrogens is 3. The summed E-state index contributed by atoms with van der Waals surface area (Å²) in [5.74, 6) is -1.46. The van der Waals surface area contributed by atoms with Crippen LogP contribution in [0.4, 0.5) is 8.78 Å². The van der Waals surface area contributed by atoms with E-state index in [1.54, 1.807) is 6.07 Å². The Hall–Kier alpha value is -2.95. The van der Waals surface area contributed by atoms with Crippen LogP contribution in [-0.2, 0) is 4.79 Å². The fourth-order valence-electron chi connectivity index (χ4n) is 4.31. The van der Waals surface area contributed by atoms with Gasteiger partial charge in [0.2, 0.25) is 5.91 Å². The smallest absolute Gasteiger partial charge is 0.224 e. The van der Waals surface area contributed by atoms with Gasteiger partial charge in [0.05, 0.1) is 23.4 Å². The molecule has 8 nitrogen and oxygen atoms in total. The zero-order valence-corrected chi connectivity index (χ0v) is 16.6. The number of carbonyl (C=O) groups is 1. The molecule has 3 aromatic rings. The van der Waals surface area contributed by atoms with Gasteiger partial charge in [-0.1, -0.05) is 6.07 Å². The van der Waals surface area contributed by atoms with Crippen LogP contribution in [0.3, 0.4) is 0 Å². The molecule has 0 spiro atoms. The molecule has 4 heterocycles. The quantitative estimate of drug-likeness (QED) is 0.507. The summed E-state index contributed by atoms with van der Waals surface area (Å²) in [6, 6.07) is 4.98. The standard InChI is InChI=1S/C21H22F2N6O2/c22-14-2-1-3-15(23)18(14)11-8-13-19(27-28-20(13)24-10-11)16-9-17(31)26-21(25-16)29-6-4-12(30)5-7-29/h1-3,8,10,12,16,21,25,30H,4-7,9H2,(H,26,31)(H,24,27,28). The van der Waals surface area contributed by atoms with Crippen LogP contribution in [0.2, 0.25) is 0 Å². The van der Waals surface area contributed by atoms with E-state index in [4.69, 9.17) is 0 Å². The topological polar surface area (TPSA) is 106 Å². The number of pyridine rings is 1. The van der Waals surface area contributed by atoms with Crippen LogP contribution in [0.25, 0.3) is 22.2 Å². The summed E-state index contributed by atoms with van der Waals surface area (Å²) in [7, 11) is 0. The lowest BCUT2D eigenvalue weighted by Crippen LogP contribution is -2.62. The highest BCUT2D eigenvalue weighted by Gasteiger charge is 2.34. The molecule has 2 unspecified atom stereocenters. The van der Waals surface area contributed by atoms with Gasteiger partial charge < -0.3 is 10.4 Å². The van der Waals surface area contributed by atoms with Crippen molar-refractivity contribution in [3.05, 3.63) is 47.8 Å². The average molecular weight is 428 g/mol. The third-order valence-electron chi connectivity index (χ3n) is 5.95.